The maximum atomic E-state index is 13.4. The van der Waals surface area contributed by atoms with Crippen LogP contribution in [0.15, 0.2) is 41.6 Å². The average molecular weight is 362 g/mol. The second-order valence-electron chi connectivity index (χ2n) is 8.08. The van der Waals surface area contributed by atoms with Crippen molar-refractivity contribution in [2.45, 2.75) is 57.9 Å². The highest BCUT2D eigenvalue weighted by molar-refractivity contribution is 6.07. The first-order valence-electron chi connectivity index (χ1n) is 9.00. The van der Waals surface area contributed by atoms with Crippen molar-refractivity contribution in [3.63, 3.8) is 0 Å². The van der Waals surface area contributed by atoms with E-state index in [2.05, 4.69) is 32.2 Å². The molecular weight excluding hydrogens is 334 g/mol. The van der Waals surface area contributed by atoms with Crippen molar-refractivity contribution in [1.82, 2.24) is 4.90 Å². The molecule has 0 fully saturated rings. The second-order valence-corrected chi connectivity index (χ2v) is 8.08. The third-order valence-electron chi connectivity index (χ3n) is 5.58. The number of halogens is 2. The summed E-state index contributed by atoms with van der Waals surface area (Å²) >= 11 is 0. The van der Waals surface area contributed by atoms with Crippen molar-refractivity contribution in [3.8, 4) is 0 Å². The normalized spacial score (nSPS) is 24.2. The first kappa shape index (κ1) is 18.6. The Labute approximate surface area is 155 Å². The molecule has 142 valence electrons. The van der Waals surface area contributed by atoms with Crippen LogP contribution in [0.2, 0.25) is 0 Å². The molecule has 5 heteroatoms. The lowest BCUT2D eigenvalue weighted by atomic mass is 9.86. The number of alkyl halides is 2. The summed E-state index contributed by atoms with van der Waals surface area (Å²) in [5.74, 6) is -0.176. The van der Waals surface area contributed by atoms with Crippen LogP contribution < -0.4 is 5.32 Å². The number of anilines is 1. The monoisotopic (exact) mass is 362 g/mol. The Morgan fingerprint density at radius 2 is 2.04 bits per heavy atom. The molecule has 0 bridgehead atoms. The van der Waals surface area contributed by atoms with Gasteiger partial charge in [0.05, 0.1) is 5.57 Å². The van der Waals surface area contributed by atoms with Gasteiger partial charge in [-0.1, -0.05) is 39.0 Å². The first-order valence-corrected chi connectivity index (χ1v) is 9.00. The van der Waals surface area contributed by atoms with Crippen LogP contribution in [0, 0.1) is 0 Å². The Hall–Kier alpha value is -2.17. The molecule has 1 aliphatic heterocycles. The maximum Gasteiger partial charge on any atom is 0.264 e. The average Bonchev–Trinajstić information content (AvgIpc) is 2.79. The molecule has 0 saturated carbocycles. The number of fused-ring (bicyclic) bond motifs is 1. The van der Waals surface area contributed by atoms with Gasteiger partial charge in [-0.05, 0) is 41.9 Å². The van der Waals surface area contributed by atoms with Crippen LogP contribution in [0.25, 0.3) is 0 Å². The number of nitrogens with zero attached hydrogens (tertiary/aromatic N) is 1. The zero-order valence-electron chi connectivity index (χ0n) is 15.9. The number of benzene rings is 1. The van der Waals surface area contributed by atoms with Gasteiger partial charge in [-0.15, -0.1) is 0 Å². The Morgan fingerprint density at radius 1 is 1.35 bits per heavy atom. The van der Waals surface area contributed by atoms with E-state index in [0.29, 0.717) is 5.92 Å². The van der Waals surface area contributed by atoms with Gasteiger partial charge in [0.1, 0.15) is 0 Å². The SMILES string of the molecule is CC1C=C(C(F)F)C(C(=O)Nc2cccc3c2[C@H](C)CC3(C)C)=CN1C.[HH]. The molecule has 0 aromatic heterocycles. The number of rotatable bonds is 3. The van der Waals surface area contributed by atoms with Crippen molar-refractivity contribution in [3.05, 3.63) is 52.7 Å². The third kappa shape index (κ3) is 3.15. The standard InChI is InChI=1S/C21H26F2N2O.H2/c1-12-10-21(3,4)16-7-6-8-17(18(12)16)24-20(26)15-11-25(5)13(2)9-14(15)19(22)23;/h6-9,11-13,19H,10H2,1-5H3,(H,24,26);1H/t12-,13?;/m1./s1. The number of carbonyl (C=O) groups excluding carboxylic acids is 1. The number of amides is 1. The number of hydrogen-bond donors (Lipinski definition) is 1. The molecular formula is C21H28F2N2O. The van der Waals surface area contributed by atoms with Gasteiger partial charge in [-0.25, -0.2) is 8.78 Å². The summed E-state index contributed by atoms with van der Waals surface area (Å²) in [6.45, 7) is 8.35. The fourth-order valence-corrected chi connectivity index (χ4v) is 4.21. The lowest BCUT2D eigenvalue weighted by Gasteiger charge is -2.28. The second kappa shape index (κ2) is 6.53. The Morgan fingerprint density at radius 3 is 2.69 bits per heavy atom. The summed E-state index contributed by atoms with van der Waals surface area (Å²) in [6, 6.07) is 5.70. The number of likely N-dealkylation sites (N-methyl/N-ethyl adjacent to an activating group) is 1. The van der Waals surface area contributed by atoms with E-state index in [1.165, 1.54) is 17.8 Å². The van der Waals surface area contributed by atoms with Crippen molar-refractivity contribution in [1.29, 1.82) is 0 Å². The topological polar surface area (TPSA) is 32.3 Å². The van der Waals surface area contributed by atoms with Crippen LogP contribution in [0.3, 0.4) is 0 Å². The van der Waals surface area contributed by atoms with E-state index in [0.717, 1.165) is 17.7 Å². The molecule has 0 spiro atoms. The van der Waals surface area contributed by atoms with E-state index in [1.54, 1.807) is 11.9 Å². The summed E-state index contributed by atoms with van der Waals surface area (Å²) in [5.41, 5.74) is 2.93. The van der Waals surface area contributed by atoms with E-state index < -0.39 is 12.3 Å². The molecule has 1 aromatic rings. The molecule has 2 atom stereocenters. The molecule has 3 nitrogen and oxygen atoms in total. The highest BCUT2D eigenvalue weighted by atomic mass is 19.3. The van der Waals surface area contributed by atoms with Gasteiger partial charge in [0.2, 0.25) is 0 Å². The molecule has 0 saturated heterocycles. The van der Waals surface area contributed by atoms with Gasteiger partial charge < -0.3 is 10.2 Å². The van der Waals surface area contributed by atoms with E-state index in [-0.39, 0.29) is 24.0 Å². The Kier molecular flexibility index (Phi) is 4.67. The van der Waals surface area contributed by atoms with Crippen LogP contribution in [0.5, 0.6) is 0 Å². The summed E-state index contributed by atoms with van der Waals surface area (Å²) in [4.78, 5) is 14.6. The summed E-state index contributed by atoms with van der Waals surface area (Å²) < 4.78 is 26.9. The molecule has 1 aromatic carbocycles. The molecule has 1 amide bonds. The van der Waals surface area contributed by atoms with E-state index >= 15 is 0 Å². The lowest BCUT2D eigenvalue weighted by molar-refractivity contribution is -0.112. The molecule has 2 aliphatic rings. The predicted molar refractivity (Wildman–Crippen MR) is 103 cm³/mol. The van der Waals surface area contributed by atoms with Gasteiger partial charge in [0, 0.05) is 32.0 Å². The number of carbonyl (C=O) groups is 1. The smallest absolute Gasteiger partial charge is 0.264 e. The first-order chi connectivity index (χ1) is 12.1. The minimum atomic E-state index is -2.68. The molecule has 26 heavy (non-hydrogen) atoms. The van der Waals surface area contributed by atoms with E-state index in [9.17, 15) is 13.6 Å². The van der Waals surface area contributed by atoms with Crippen molar-refractivity contribution in [2.24, 2.45) is 0 Å². The van der Waals surface area contributed by atoms with Crippen molar-refractivity contribution in [2.75, 3.05) is 12.4 Å². The van der Waals surface area contributed by atoms with E-state index in [1.807, 2.05) is 19.1 Å². The van der Waals surface area contributed by atoms with Gasteiger partial charge in [0.25, 0.3) is 12.3 Å². The summed E-state index contributed by atoms with van der Waals surface area (Å²) in [6.07, 6.45) is 1.29. The summed E-state index contributed by atoms with van der Waals surface area (Å²) in [7, 11) is 1.78. The minimum absolute atomic E-state index is 0. The lowest BCUT2D eigenvalue weighted by Crippen LogP contribution is -2.31. The van der Waals surface area contributed by atoms with Gasteiger partial charge in [0.15, 0.2) is 0 Å². The zero-order valence-corrected chi connectivity index (χ0v) is 15.9. The van der Waals surface area contributed by atoms with Crippen molar-refractivity contribution < 1.29 is 15.0 Å². The Bertz CT molecular complexity index is 801. The van der Waals surface area contributed by atoms with Crippen LogP contribution in [0.4, 0.5) is 14.5 Å². The molecule has 0 radical (unpaired) electrons. The van der Waals surface area contributed by atoms with Crippen LogP contribution in [0.1, 0.15) is 52.6 Å². The molecule has 3 rings (SSSR count). The number of hydrogen-bond acceptors (Lipinski definition) is 2. The quantitative estimate of drug-likeness (QED) is 0.815. The van der Waals surface area contributed by atoms with Gasteiger partial charge in [-0.3, -0.25) is 4.79 Å². The maximum absolute atomic E-state index is 13.4. The fraction of sp³-hybridized carbons (Fsp3) is 0.476. The summed E-state index contributed by atoms with van der Waals surface area (Å²) in [5, 5.41) is 2.89. The highest BCUT2D eigenvalue weighted by Crippen LogP contribution is 2.48. The molecule has 1 aliphatic carbocycles. The van der Waals surface area contributed by atoms with Gasteiger partial charge in [-0.2, -0.15) is 0 Å². The van der Waals surface area contributed by atoms with Crippen LogP contribution >= 0.6 is 0 Å². The number of nitrogens with one attached hydrogen (secondary N) is 1. The van der Waals surface area contributed by atoms with Gasteiger partial charge >= 0.3 is 0 Å². The molecule has 1 unspecified atom stereocenters. The van der Waals surface area contributed by atoms with Crippen LogP contribution in [-0.2, 0) is 10.2 Å². The van der Waals surface area contributed by atoms with Crippen molar-refractivity contribution >= 4 is 11.6 Å². The third-order valence-corrected chi connectivity index (χ3v) is 5.58. The molecule has 1 N–H and O–H groups in total. The minimum Gasteiger partial charge on any atom is -0.374 e. The fourth-order valence-electron chi connectivity index (χ4n) is 4.21. The predicted octanol–water partition coefficient (Wildman–Crippen LogP) is 5.07. The zero-order chi connectivity index (χ0) is 19.2. The van der Waals surface area contributed by atoms with E-state index in [4.69, 9.17) is 0 Å². The Balaban J connectivity index is 0.00000261. The van der Waals surface area contributed by atoms with Crippen LogP contribution in [-0.4, -0.2) is 30.3 Å². The molecule has 1 heterocycles. The largest absolute Gasteiger partial charge is 0.374 e. The highest BCUT2D eigenvalue weighted by Gasteiger charge is 2.36.